The van der Waals surface area contributed by atoms with Crippen molar-refractivity contribution in [3.8, 4) is 0 Å². The van der Waals surface area contributed by atoms with Crippen molar-refractivity contribution >= 4 is 5.97 Å². The molecule has 0 saturated heterocycles. The van der Waals surface area contributed by atoms with Gasteiger partial charge in [-0.25, -0.2) is 0 Å². The summed E-state index contributed by atoms with van der Waals surface area (Å²) >= 11 is 0. The van der Waals surface area contributed by atoms with Crippen LogP contribution in [-0.2, 0) is 16.1 Å². The highest BCUT2D eigenvalue weighted by molar-refractivity contribution is 5.67. The first-order chi connectivity index (χ1) is 6.63. The summed E-state index contributed by atoms with van der Waals surface area (Å²) in [6.07, 6.45) is -1.46. The number of carboxylic acid groups (broad SMARTS) is 1. The van der Waals surface area contributed by atoms with E-state index in [2.05, 4.69) is 0 Å². The second-order valence-corrected chi connectivity index (χ2v) is 2.85. The second-order valence-electron chi connectivity index (χ2n) is 2.85. The number of carboxylic acids is 1. The number of aliphatic hydroxyl groups is 1. The molecular weight excluding hydrogens is 188 g/mol. The van der Waals surface area contributed by atoms with E-state index >= 15 is 0 Å². The van der Waals surface area contributed by atoms with Crippen molar-refractivity contribution in [1.82, 2.24) is 0 Å². The Kier molecular flexibility index (Phi) is 3.67. The second kappa shape index (κ2) is 4.78. The number of methoxy groups -OCH3 is 1. The summed E-state index contributed by atoms with van der Waals surface area (Å²) in [6, 6.07) is 3.19. The molecule has 0 spiro atoms. The maximum Gasteiger partial charge on any atom is 0.306 e. The van der Waals surface area contributed by atoms with Crippen LogP contribution < -0.4 is 0 Å². The monoisotopic (exact) mass is 200 g/mol. The van der Waals surface area contributed by atoms with Gasteiger partial charge in [-0.15, -0.1) is 0 Å². The molecule has 1 aromatic heterocycles. The summed E-state index contributed by atoms with van der Waals surface area (Å²) in [6.45, 7) is 0.305. The van der Waals surface area contributed by atoms with Crippen molar-refractivity contribution in [1.29, 1.82) is 0 Å². The first-order valence-electron chi connectivity index (χ1n) is 4.11. The Bertz CT molecular complexity index is 304. The summed E-state index contributed by atoms with van der Waals surface area (Å²) in [5.74, 6) is -0.256. The van der Waals surface area contributed by atoms with Crippen LogP contribution >= 0.6 is 0 Å². The Labute approximate surface area is 80.9 Å². The zero-order valence-electron chi connectivity index (χ0n) is 7.77. The number of furan rings is 1. The van der Waals surface area contributed by atoms with Gasteiger partial charge < -0.3 is 19.4 Å². The lowest BCUT2D eigenvalue weighted by Crippen LogP contribution is -2.04. The van der Waals surface area contributed by atoms with Crippen LogP contribution in [-0.4, -0.2) is 23.3 Å². The van der Waals surface area contributed by atoms with Gasteiger partial charge in [0, 0.05) is 7.11 Å². The maximum atomic E-state index is 10.3. The van der Waals surface area contributed by atoms with Gasteiger partial charge in [-0.05, 0) is 12.1 Å². The molecule has 1 rings (SSSR count). The molecule has 78 valence electrons. The fourth-order valence-electron chi connectivity index (χ4n) is 1.06. The zero-order chi connectivity index (χ0) is 10.6. The number of ether oxygens (including phenoxy) is 1. The third kappa shape index (κ3) is 2.86. The van der Waals surface area contributed by atoms with Gasteiger partial charge in [-0.3, -0.25) is 4.79 Å². The molecule has 1 aromatic rings. The van der Waals surface area contributed by atoms with Crippen LogP contribution in [0.15, 0.2) is 16.5 Å². The topological polar surface area (TPSA) is 79.9 Å². The van der Waals surface area contributed by atoms with Gasteiger partial charge >= 0.3 is 5.97 Å². The Morgan fingerprint density at radius 1 is 1.64 bits per heavy atom. The molecule has 5 heteroatoms. The number of carbonyl (C=O) groups is 1. The largest absolute Gasteiger partial charge is 0.481 e. The lowest BCUT2D eigenvalue weighted by molar-refractivity contribution is -0.139. The number of hydrogen-bond donors (Lipinski definition) is 2. The van der Waals surface area contributed by atoms with Crippen molar-refractivity contribution in [3.05, 3.63) is 23.7 Å². The van der Waals surface area contributed by atoms with E-state index in [9.17, 15) is 9.90 Å². The molecule has 0 radical (unpaired) electrons. The molecule has 5 nitrogen and oxygen atoms in total. The molecule has 0 amide bonds. The molecule has 0 fully saturated rings. The highest BCUT2D eigenvalue weighted by Crippen LogP contribution is 2.19. The average Bonchev–Trinajstić information content (AvgIpc) is 2.52. The summed E-state index contributed by atoms with van der Waals surface area (Å²) in [5.41, 5.74) is 0. The minimum Gasteiger partial charge on any atom is -0.481 e. The maximum absolute atomic E-state index is 10.3. The summed E-state index contributed by atoms with van der Waals surface area (Å²) < 4.78 is 9.96. The van der Waals surface area contributed by atoms with E-state index in [4.69, 9.17) is 14.3 Å². The summed E-state index contributed by atoms with van der Waals surface area (Å²) in [7, 11) is 1.52. The fourth-order valence-corrected chi connectivity index (χ4v) is 1.06. The van der Waals surface area contributed by atoms with Crippen LogP contribution in [0.25, 0.3) is 0 Å². The van der Waals surface area contributed by atoms with Gasteiger partial charge in [-0.2, -0.15) is 0 Å². The lowest BCUT2D eigenvalue weighted by atomic mass is 10.2. The molecule has 1 atom stereocenters. The van der Waals surface area contributed by atoms with Gasteiger partial charge in [-0.1, -0.05) is 0 Å². The van der Waals surface area contributed by atoms with Gasteiger partial charge in [0.1, 0.15) is 24.2 Å². The van der Waals surface area contributed by atoms with E-state index in [1.807, 2.05) is 0 Å². The Morgan fingerprint density at radius 3 is 2.93 bits per heavy atom. The SMILES string of the molecule is COCc1ccc(C(O)CC(=O)O)o1. The minimum atomic E-state index is -1.10. The standard InChI is InChI=1S/C9H12O5/c1-13-5-6-2-3-8(14-6)7(10)4-9(11)12/h2-3,7,10H,4-5H2,1H3,(H,11,12). The van der Waals surface area contributed by atoms with Crippen molar-refractivity contribution < 1.29 is 24.2 Å². The van der Waals surface area contributed by atoms with Crippen LogP contribution in [0.3, 0.4) is 0 Å². The van der Waals surface area contributed by atoms with Crippen LogP contribution in [0, 0.1) is 0 Å². The Morgan fingerprint density at radius 2 is 2.36 bits per heavy atom. The normalized spacial score (nSPS) is 12.7. The van der Waals surface area contributed by atoms with Gasteiger partial charge in [0.15, 0.2) is 0 Å². The van der Waals surface area contributed by atoms with Crippen molar-refractivity contribution in [3.63, 3.8) is 0 Å². The van der Waals surface area contributed by atoms with Crippen molar-refractivity contribution in [2.45, 2.75) is 19.1 Å². The Hall–Kier alpha value is -1.33. The molecular formula is C9H12O5. The molecule has 0 aliphatic rings. The van der Waals surface area contributed by atoms with E-state index in [1.165, 1.54) is 7.11 Å². The molecule has 1 unspecified atom stereocenters. The van der Waals surface area contributed by atoms with Gasteiger partial charge in [0.25, 0.3) is 0 Å². The molecule has 0 aliphatic heterocycles. The van der Waals surface area contributed by atoms with Crippen LogP contribution in [0.5, 0.6) is 0 Å². The highest BCUT2D eigenvalue weighted by Gasteiger charge is 2.15. The molecule has 1 heterocycles. The van der Waals surface area contributed by atoms with Crippen LogP contribution in [0.4, 0.5) is 0 Å². The first kappa shape index (κ1) is 10.7. The van der Waals surface area contributed by atoms with E-state index < -0.39 is 12.1 Å². The van der Waals surface area contributed by atoms with Crippen LogP contribution in [0.1, 0.15) is 24.0 Å². The molecule has 14 heavy (non-hydrogen) atoms. The third-order valence-electron chi connectivity index (χ3n) is 1.67. The molecule has 2 N–H and O–H groups in total. The highest BCUT2D eigenvalue weighted by atomic mass is 16.5. The van der Waals surface area contributed by atoms with E-state index in [0.717, 1.165) is 0 Å². The first-order valence-corrected chi connectivity index (χ1v) is 4.11. The summed E-state index contributed by atoms with van der Waals surface area (Å²) in [4.78, 5) is 10.3. The fraction of sp³-hybridized carbons (Fsp3) is 0.444. The number of aliphatic hydroxyl groups excluding tert-OH is 1. The number of rotatable bonds is 5. The average molecular weight is 200 g/mol. The van der Waals surface area contributed by atoms with E-state index in [1.54, 1.807) is 12.1 Å². The minimum absolute atomic E-state index is 0.249. The third-order valence-corrected chi connectivity index (χ3v) is 1.67. The molecule has 0 aromatic carbocycles. The van der Waals surface area contributed by atoms with Crippen molar-refractivity contribution in [2.24, 2.45) is 0 Å². The predicted molar refractivity (Wildman–Crippen MR) is 46.6 cm³/mol. The Balaban J connectivity index is 2.61. The quantitative estimate of drug-likeness (QED) is 0.739. The van der Waals surface area contributed by atoms with Crippen molar-refractivity contribution in [2.75, 3.05) is 7.11 Å². The lowest BCUT2D eigenvalue weighted by Gasteiger charge is -2.03. The van der Waals surface area contributed by atoms with Gasteiger partial charge in [0.05, 0.1) is 6.42 Å². The smallest absolute Gasteiger partial charge is 0.306 e. The number of aliphatic carboxylic acids is 1. The number of hydrogen-bond acceptors (Lipinski definition) is 4. The van der Waals surface area contributed by atoms with Crippen LogP contribution in [0.2, 0.25) is 0 Å². The van der Waals surface area contributed by atoms with Gasteiger partial charge in [0.2, 0.25) is 0 Å². The summed E-state index contributed by atoms with van der Waals surface area (Å²) in [5, 5.41) is 17.8. The predicted octanol–water partition coefficient (Wildman–Crippen LogP) is 0.934. The van der Waals surface area contributed by atoms with E-state index in [0.29, 0.717) is 12.4 Å². The molecule has 0 bridgehead atoms. The molecule has 0 aliphatic carbocycles. The van der Waals surface area contributed by atoms with E-state index in [-0.39, 0.29) is 12.2 Å². The molecule has 0 saturated carbocycles. The zero-order valence-corrected chi connectivity index (χ0v) is 7.77.